The van der Waals surface area contributed by atoms with Crippen LogP contribution in [0.2, 0.25) is 0 Å². The van der Waals surface area contributed by atoms with Crippen LogP contribution in [-0.2, 0) is 0 Å². The van der Waals surface area contributed by atoms with Gasteiger partial charge in [-0.15, -0.1) is 0 Å². The highest BCUT2D eigenvalue weighted by molar-refractivity contribution is 5.65. The first-order valence-electron chi connectivity index (χ1n) is 5.68. The summed E-state index contributed by atoms with van der Waals surface area (Å²) in [5.74, 6) is 1.42. The van der Waals surface area contributed by atoms with E-state index in [1.807, 2.05) is 20.0 Å². The zero-order chi connectivity index (χ0) is 11.7. The molecule has 88 valence electrons. The van der Waals surface area contributed by atoms with Crippen LogP contribution >= 0.6 is 0 Å². The number of nitrogens with two attached hydrogens (primary N) is 1. The molecule has 4 heteroatoms. The number of nitrogen functional groups attached to an aromatic ring is 1. The monoisotopic (exact) mass is 221 g/mol. The van der Waals surface area contributed by atoms with E-state index in [-0.39, 0.29) is 6.10 Å². The number of pyridine rings is 1. The van der Waals surface area contributed by atoms with Gasteiger partial charge in [-0.1, -0.05) is 0 Å². The van der Waals surface area contributed by atoms with E-state index in [4.69, 9.17) is 5.73 Å². The zero-order valence-electron chi connectivity index (χ0n) is 9.85. The van der Waals surface area contributed by atoms with Crippen molar-refractivity contribution >= 4 is 11.5 Å². The molecule has 4 nitrogen and oxygen atoms in total. The lowest BCUT2D eigenvalue weighted by atomic mass is 9.82. The third-order valence-electron chi connectivity index (χ3n) is 3.29. The van der Waals surface area contributed by atoms with Crippen molar-refractivity contribution in [2.75, 3.05) is 24.2 Å². The van der Waals surface area contributed by atoms with Crippen molar-refractivity contribution in [3.63, 3.8) is 0 Å². The molecule has 16 heavy (non-hydrogen) atoms. The van der Waals surface area contributed by atoms with Crippen LogP contribution in [0.5, 0.6) is 0 Å². The van der Waals surface area contributed by atoms with Crippen LogP contribution in [0, 0.1) is 12.8 Å². The Bertz CT molecular complexity index is 375. The molecule has 1 fully saturated rings. The summed E-state index contributed by atoms with van der Waals surface area (Å²) in [4.78, 5) is 6.39. The molecule has 0 unspecified atom stereocenters. The SMILES string of the molecule is Cc1ccnc(N(C)CC2CC(O)C2)c1N. The van der Waals surface area contributed by atoms with Crippen molar-refractivity contribution in [1.82, 2.24) is 4.98 Å². The predicted octanol–water partition coefficient (Wildman–Crippen LogP) is 1.18. The molecular weight excluding hydrogens is 202 g/mol. The van der Waals surface area contributed by atoms with Gasteiger partial charge in [-0.2, -0.15) is 0 Å². The van der Waals surface area contributed by atoms with E-state index < -0.39 is 0 Å². The summed E-state index contributed by atoms with van der Waals surface area (Å²) in [5.41, 5.74) is 7.81. The van der Waals surface area contributed by atoms with Gasteiger partial charge in [-0.3, -0.25) is 0 Å². The summed E-state index contributed by atoms with van der Waals surface area (Å²) in [6, 6.07) is 1.92. The molecule has 0 bridgehead atoms. The van der Waals surface area contributed by atoms with Crippen molar-refractivity contribution in [2.24, 2.45) is 5.92 Å². The lowest BCUT2D eigenvalue weighted by Crippen LogP contribution is -2.37. The summed E-state index contributed by atoms with van der Waals surface area (Å²) in [6.45, 7) is 2.90. The first-order chi connectivity index (χ1) is 7.58. The van der Waals surface area contributed by atoms with E-state index in [0.29, 0.717) is 5.92 Å². The standard InChI is InChI=1S/C12H19N3O/c1-8-3-4-14-12(11(8)13)15(2)7-9-5-10(16)6-9/h3-4,9-10,16H,5-7,13H2,1-2H3. The molecule has 1 heterocycles. The van der Waals surface area contributed by atoms with Crippen LogP contribution in [0.15, 0.2) is 12.3 Å². The van der Waals surface area contributed by atoms with Crippen molar-refractivity contribution in [3.05, 3.63) is 17.8 Å². The Hall–Kier alpha value is -1.29. The van der Waals surface area contributed by atoms with E-state index in [1.54, 1.807) is 6.20 Å². The molecule has 1 aliphatic carbocycles. The molecule has 0 radical (unpaired) electrons. The number of aliphatic hydroxyl groups is 1. The highest BCUT2D eigenvalue weighted by Gasteiger charge is 2.28. The maximum Gasteiger partial charge on any atom is 0.151 e. The summed E-state index contributed by atoms with van der Waals surface area (Å²) in [5, 5.41) is 9.24. The number of anilines is 2. The largest absolute Gasteiger partial charge is 0.396 e. The quantitative estimate of drug-likeness (QED) is 0.804. The first-order valence-corrected chi connectivity index (χ1v) is 5.68. The topological polar surface area (TPSA) is 62.4 Å². The Balaban J connectivity index is 2.03. The lowest BCUT2D eigenvalue weighted by molar-refractivity contribution is 0.0464. The molecule has 1 saturated carbocycles. The van der Waals surface area contributed by atoms with E-state index >= 15 is 0 Å². The minimum atomic E-state index is -0.0961. The normalized spacial score (nSPS) is 23.9. The summed E-state index contributed by atoms with van der Waals surface area (Å²) >= 11 is 0. The Morgan fingerprint density at radius 1 is 1.56 bits per heavy atom. The maximum absolute atomic E-state index is 9.24. The van der Waals surface area contributed by atoms with Crippen molar-refractivity contribution in [1.29, 1.82) is 0 Å². The second kappa shape index (κ2) is 4.29. The number of hydrogen-bond acceptors (Lipinski definition) is 4. The zero-order valence-corrected chi connectivity index (χ0v) is 9.85. The van der Waals surface area contributed by atoms with E-state index in [9.17, 15) is 5.11 Å². The smallest absolute Gasteiger partial charge is 0.151 e. The van der Waals surface area contributed by atoms with E-state index in [1.165, 1.54) is 0 Å². The Labute approximate surface area is 96.1 Å². The molecule has 1 aromatic heterocycles. The number of rotatable bonds is 3. The maximum atomic E-state index is 9.24. The number of aromatic nitrogens is 1. The third-order valence-corrected chi connectivity index (χ3v) is 3.29. The Morgan fingerprint density at radius 3 is 2.88 bits per heavy atom. The van der Waals surface area contributed by atoms with E-state index in [2.05, 4.69) is 9.88 Å². The van der Waals surface area contributed by atoms with Gasteiger partial charge in [0.05, 0.1) is 11.8 Å². The summed E-state index contributed by atoms with van der Waals surface area (Å²) < 4.78 is 0. The Kier molecular flexibility index (Phi) is 3.01. The molecule has 1 aliphatic rings. The lowest BCUT2D eigenvalue weighted by Gasteiger charge is -2.35. The van der Waals surface area contributed by atoms with Gasteiger partial charge in [0.25, 0.3) is 0 Å². The van der Waals surface area contributed by atoms with Crippen molar-refractivity contribution < 1.29 is 5.11 Å². The molecule has 0 aliphatic heterocycles. The van der Waals surface area contributed by atoms with Crippen LogP contribution in [0.1, 0.15) is 18.4 Å². The number of nitrogens with zero attached hydrogens (tertiary/aromatic N) is 2. The van der Waals surface area contributed by atoms with Crippen LogP contribution < -0.4 is 10.6 Å². The highest BCUT2D eigenvalue weighted by atomic mass is 16.3. The summed E-state index contributed by atoms with van der Waals surface area (Å²) in [6.07, 6.45) is 3.49. The highest BCUT2D eigenvalue weighted by Crippen LogP contribution is 2.30. The molecule has 0 atom stereocenters. The van der Waals surface area contributed by atoms with E-state index in [0.717, 1.165) is 36.5 Å². The van der Waals surface area contributed by atoms with Gasteiger partial charge >= 0.3 is 0 Å². The van der Waals surface area contributed by atoms with Crippen LogP contribution in [0.25, 0.3) is 0 Å². The molecular formula is C12H19N3O. The van der Waals surface area contributed by atoms with Gasteiger partial charge in [0.2, 0.25) is 0 Å². The minimum Gasteiger partial charge on any atom is -0.396 e. The number of hydrogen-bond donors (Lipinski definition) is 2. The second-order valence-electron chi connectivity index (χ2n) is 4.74. The fourth-order valence-electron chi connectivity index (χ4n) is 2.18. The molecule has 0 amide bonds. The minimum absolute atomic E-state index is 0.0961. The number of aryl methyl sites for hydroxylation is 1. The third kappa shape index (κ3) is 2.11. The van der Waals surface area contributed by atoms with Crippen LogP contribution in [0.3, 0.4) is 0 Å². The average molecular weight is 221 g/mol. The molecule has 0 aromatic carbocycles. The predicted molar refractivity (Wildman–Crippen MR) is 65.4 cm³/mol. The molecule has 0 saturated heterocycles. The van der Waals surface area contributed by atoms with Crippen LogP contribution in [0.4, 0.5) is 11.5 Å². The molecule has 2 rings (SSSR count). The molecule has 1 aromatic rings. The number of aliphatic hydroxyl groups excluding tert-OH is 1. The fraction of sp³-hybridized carbons (Fsp3) is 0.583. The van der Waals surface area contributed by atoms with Gasteiger partial charge < -0.3 is 15.7 Å². The Morgan fingerprint density at radius 2 is 2.25 bits per heavy atom. The van der Waals surface area contributed by atoms with Crippen LogP contribution in [-0.4, -0.2) is 29.8 Å². The van der Waals surface area contributed by atoms with Gasteiger partial charge in [0.15, 0.2) is 5.82 Å². The molecule has 3 N–H and O–H groups in total. The van der Waals surface area contributed by atoms with Gasteiger partial charge in [-0.05, 0) is 37.3 Å². The molecule has 0 spiro atoms. The van der Waals surface area contributed by atoms with Crippen molar-refractivity contribution in [3.8, 4) is 0 Å². The summed E-state index contributed by atoms with van der Waals surface area (Å²) in [7, 11) is 2.00. The van der Waals surface area contributed by atoms with Gasteiger partial charge in [0, 0.05) is 19.8 Å². The van der Waals surface area contributed by atoms with Crippen molar-refractivity contribution in [2.45, 2.75) is 25.9 Å². The second-order valence-corrected chi connectivity index (χ2v) is 4.74. The average Bonchev–Trinajstić information content (AvgIpc) is 2.19. The fourth-order valence-corrected chi connectivity index (χ4v) is 2.18. The van der Waals surface area contributed by atoms with Gasteiger partial charge in [0.1, 0.15) is 0 Å². The van der Waals surface area contributed by atoms with Gasteiger partial charge in [-0.25, -0.2) is 4.98 Å². The first kappa shape index (κ1) is 11.2.